The standard InChI is InChI=1S/C11H16ClN3O3S/c12-10-2-1-5-13-11(10)14-19(17,18)15-6-3-9(8-16)4-7-15/h1-2,5,9,16H,3-4,6-8H2,(H,13,14). The van der Waals surface area contributed by atoms with Gasteiger partial charge in [-0.2, -0.15) is 12.7 Å². The number of pyridine rings is 1. The minimum atomic E-state index is -3.64. The Morgan fingerprint density at radius 1 is 1.47 bits per heavy atom. The first-order valence-corrected chi connectivity index (χ1v) is 7.84. The Morgan fingerprint density at radius 3 is 2.74 bits per heavy atom. The lowest BCUT2D eigenvalue weighted by atomic mass is 10.00. The zero-order valence-corrected chi connectivity index (χ0v) is 11.9. The average molecular weight is 306 g/mol. The molecule has 0 amide bonds. The van der Waals surface area contributed by atoms with E-state index in [-0.39, 0.29) is 23.4 Å². The molecular weight excluding hydrogens is 290 g/mol. The van der Waals surface area contributed by atoms with Crippen molar-refractivity contribution in [2.24, 2.45) is 5.92 Å². The van der Waals surface area contributed by atoms with Crippen LogP contribution in [0.3, 0.4) is 0 Å². The van der Waals surface area contributed by atoms with Crippen LogP contribution in [0.15, 0.2) is 18.3 Å². The molecule has 19 heavy (non-hydrogen) atoms. The van der Waals surface area contributed by atoms with Crippen LogP contribution in [0.2, 0.25) is 5.02 Å². The van der Waals surface area contributed by atoms with E-state index in [0.717, 1.165) is 0 Å². The van der Waals surface area contributed by atoms with Crippen LogP contribution in [0.4, 0.5) is 5.82 Å². The van der Waals surface area contributed by atoms with Crippen molar-refractivity contribution in [2.75, 3.05) is 24.4 Å². The van der Waals surface area contributed by atoms with Gasteiger partial charge in [0.25, 0.3) is 0 Å². The predicted molar refractivity (Wildman–Crippen MR) is 73.2 cm³/mol. The maximum absolute atomic E-state index is 12.2. The van der Waals surface area contributed by atoms with Crippen LogP contribution >= 0.6 is 11.6 Å². The van der Waals surface area contributed by atoms with E-state index in [1.807, 2.05) is 0 Å². The lowest BCUT2D eigenvalue weighted by molar-refractivity contribution is 0.170. The van der Waals surface area contributed by atoms with Crippen molar-refractivity contribution in [3.8, 4) is 0 Å². The molecule has 1 fully saturated rings. The molecule has 1 aliphatic rings. The Hall–Kier alpha value is -0.890. The maximum atomic E-state index is 12.2. The molecule has 0 unspecified atom stereocenters. The normalized spacial score (nSPS) is 18.4. The minimum Gasteiger partial charge on any atom is -0.396 e. The second-order valence-electron chi connectivity index (χ2n) is 4.47. The van der Waals surface area contributed by atoms with E-state index in [4.69, 9.17) is 16.7 Å². The molecule has 1 aromatic heterocycles. The average Bonchev–Trinajstić information content (AvgIpc) is 2.41. The zero-order chi connectivity index (χ0) is 13.9. The van der Waals surface area contributed by atoms with E-state index in [0.29, 0.717) is 25.9 Å². The van der Waals surface area contributed by atoms with Gasteiger partial charge in [-0.3, -0.25) is 4.72 Å². The number of nitrogens with zero attached hydrogens (tertiary/aromatic N) is 2. The summed E-state index contributed by atoms with van der Waals surface area (Å²) in [4.78, 5) is 3.90. The third-order valence-corrected chi connectivity index (χ3v) is 4.96. The Labute approximate surface area is 117 Å². The lowest BCUT2D eigenvalue weighted by Crippen LogP contribution is -2.42. The smallest absolute Gasteiger partial charge is 0.302 e. The van der Waals surface area contributed by atoms with Gasteiger partial charge >= 0.3 is 10.2 Å². The number of piperidine rings is 1. The molecule has 2 N–H and O–H groups in total. The number of nitrogens with one attached hydrogen (secondary N) is 1. The summed E-state index contributed by atoms with van der Waals surface area (Å²) in [6.45, 7) is 0.892. The van der Waals surface area contributed by atoms with Gasteiger partial charge < -0.3 is 5.11 Å². The Morgan fingerprint density at radius 2 is 2.16 bits per heavy atom. The largest absolute Gasteiger partial charge is 0.396 e. The molecule has 0 bridgehead atoms. The third-order valence-electron chi connectivity index (χ3n) is 3.16. The molecule has 0 saturated carbocycles. The first kappa shape index (κ1) is 14.5. The van der Waals surface area contributed by atoms with Gasteiger partial charge in [-0.15, -0.1) is 0 Å². The number of anilines is 1. The second-order valence-corrected chi connectivity index (χ2v) is 6.54. The molecule has 0 aliphatic carbocycles. The first-order valence-electron chi connectivity index (χ1n) is 6.02. The van der Waals surface area contributed by atoms with Crippen LogP contribution in [-0.2, 0) is 10.2 Å². The van der Waals surface area contributed by atoms with Gasteiger partial charge in [0.2, 0.25) is 0 Å². The molecule has 1 saturated heterocycles. The highest BCUT2D eigenvalue weighted by atomic mass is 35.5. The number of hydrogen-bond acceptors (Lipinski definition) is 4. The highest BCUT2D eigenvalue weighted by Gasteiger charge is 2.28. The fraction of sp³-hybridized carbons (Fsp3) is 0.545. The van der Waals surface area contributed by atoms with Crippen LogP contribution in [-0.4, -0.2) is 42.5 Å². The number of aliphatic hydroxyl groups is 1. The monoisotopic (exact) mass is 305 g/mol. The summed E-state index contributed by atoms with van der Waals surface area (Å²) in [7, 11) is -3.64. The molecule has 8 heteroatoms. The molecular formula is C11H16ClN3O3S. The lowest BCUT2D eigenvalue weighted by Gasteiger charge is -2.30. The van der Waals surface area contributed by atoms with Crippen LogP contribution < -0.4 is 4.72 Å². The molecule has 1 aromatic rings. The van der Waals surface area contributed by atoms with Gasteiger partial charge in [0, 0.05) is 25.9 Å². The number of aromatic nitrogens is 1. The van der Waals surface area contributed by atoms with Crippen LogP contribution in [0.5, 0.6) is 0 Å². The Balaban J connectivity index is 2.05. The molecule has 1 aliphatic heterocycles. The zero-order valence-electron chi connectivity index (χ0n) is 10.3. The number of halogens is 1. The van der Waals surface area contributed by atoms with Gasteiger partial charge in [-0.05, 0) is 30.9 Å². The SMILES string of the molecule is O=S(=O)(Nc1ncccc1Cl)N1CCC(CO)CC1. The van der Waals surface area contributed by atoms with Gasteiger partial charge in [0.15, 0.2) is 5.82 Å². The summed E-state index contributed by atoms with van der Waals surface area (Å²) in [5, 5.41) is 9.30. The molecule has 2 heterocycles. The molecule has 0 radical (unpaired) electrons. The fourth-order valence-corrected chi connectivity index (χ4v) is 3.43. The van der Waals surface area contributed by atoms with E-state index in [9.17, 15) is 8.42 Å². The van der Waals surface area contributed by atoms with Crippen LogP contribution in [0.25, 0.3) is 0 Å². The predicted octanol–water partition coefficient (Wildman–Crippen LogP) is 1.10. The topological polar surface area (TPSA) is 82.5 Å². The summed E-state index contributed by atoms with van der Waals surface area (Å²) < 4.78 is 28.0. The minimum absolute atomic E-state index is 0.105. The van der Waals surface area contributed by atoms with Gasteiger partial charge in [0.1, 0.15) is 0 Å². The number of aliphatic hydroxyl groups excluding tert-OH is 1. The Kier molecular flexibility index (Phi) is 4.62. The van der Waals surface area contributed by atoms with E-state index < -0.39 is 10.2 Å². The first-order chi connectivity index (χ1) is 9.03. The highest BCUT2D eigenvalue weighted by molar-refractivity contribution is 7.90. The summed E-state index contributed by atoms with van der Waals surface area (Å²) in [6.07, 6.45) is 2.79. The van der Waals surface area contributed by atoms with E-state index >= 15 is 0 Å². The van der Waals surface area contributed by atoms with Crippen molar-refractivity contribution >= 4 is 27.6 Å². The van der Waals surface area contributed by atoms with Crippen LogP contribution in [0.1, 0.15) is 12.8 Å². The van der Waals surface area contributed by atoms with E-state index in [2.05, 4.69) is 9.71 Å². The molecule has 0 aromatic carbocycles. The molecule has 6 nitrogen and oxygen atoms in total. The van der Waals surface area contributed by atoms with Crippen molar-refractivity contribution in [3.05, 3.63) is 23.4 Å². The summed E-state index contributed by atoms with van der Waals surface area (Å²) >= 11 is 5.87. The van der Waals surface area contributed by atoms with Crippen molar-refractivity contribution < 1.29 is 13.5 Å². The summed E-state index contributed by atoms with van der Waals surface area (Å²) in [5.41, 5.74) is 0. The number of rotatable bonds is 4. The summed E-state index contributed by atoms with van der Waals surface area (Å²) in [5.74, 6) is 0.318. The van der Waals surface area contributed by atoms with Crippen LogP contribution in [0, 0.1) is 5.92 Å². The number of hydrogen-bond donors (Lipinski definition) is 2. The summed E-state index contributed by atoms with van der Waals surface area (Å²) in [6, 6.07) is 3.21. The van der Waals surface area contributed by atoms with Gasteiger partial charge in [-0.1, -0.05) is 11.6 Å². The maximum Gasteiger partial charge on any atom is 0.302 e. The van der Waals surface area contributed by atoms with Crippen molar-refractivity contribution in [2.45, 2.75) is 12.8 Å². The molecule has 0 atom stereocenters. The van der Waals surface area contributed by atoms with Crippen molar-refractivity contribution in [1.82, 2.24) is 9.29 Å². The van der Waals surface area contributed by atoms with Crippen molar-refractivity contribution in [1.29, 1.82) is 0 Å². The third kappa shape index (κ3) is 3.56. The van der Waals surface area contributed by atoms with Gasteiger partial charge in [-0.25, -0.2) is 4.98 Å². The quantitative estimate of drug-likeness (QED) is 0.872. The van der Waals surface area contributed by atoms with E-state index in [1.54, 1.807) is 12.1 Å². The highest BCUT2D eigenvalue weighted by Crippen LogP contribution is 2.23. The fourth-order valence-electron chi connectivity index (χ4n) is 1.98. The molecule has 106 valence electrons. The molecule has 2 rings (SSSR count). The molecule has 0 spiro atoms. The van der Waals surface area contributed by atoms with Gasteiger partial charge in [0.05, 0.1) is 5.02 Å². The van der Waals surface area contributed by atoms with Crippen molar-refractivity contribution in [3.63, 3.8) is 0 Å². The van der Waals surface area contributed by atoms with E-state index in [1.165, 1.54) is 10.5 Å². The Bertz CT molecular complexity index is 530. The second kappa shape index (κ2) is 6.04.